The number of ether oxygens (including phenoxy) is 1. The molecule has 0 aliphatic carbocycles. The minimum absolute atomic E-state index is 0.000975. The lowest BCUT2D eigenvalue weighted by Gasteiger charge is -2.30. The summed E-state index contributed by atoms with van der Waals surface area (Å²) in [5.41, 5.74) is -0.717. The van der Waals surface area contributed by atoms with Gasteiger partial charge in [-0.15, -0.1) is 0 Å². The largest absolute Gasteiger partial charge is 0.444 e. The zero-order valence-electron chi connectivity index (χ0n) is 13.4. The molecule has 0 aromatic heterocycles. The van der Waals surface area contributed by atoms with E-state index in [1.807, 2.05) is 0 Å². The van der Waals surface area contributed by atoms with Crippen LogP contribution < -0.4 is 0 Å². The number of hydrogen-bond donors (Lipinski definition) is 0. The smallest absolute Gasteiger partial charge is 0.410 e. The Hall–Kier alpha value is -1.47. The summed E-state index contributed by atoms with van der Waals surface area (Å²) in [6.45, 7) is 6.39. The van der Waals surface area contributed by atoms with Crippen LogP contribution in [0.15, 0.2) is 0 Å². The van der Waals surface area contributed by atoms with E-state index in [1.165, 1.54) is 11.8 Å². The molecule has 1 fully saturated rings. The number of hydrogen-bond acceptors (Lipinski definition) is 3. The zero-order chi connectivity index (χ0) is 17.1. The van der Waals surface area contributed by atoms with E-state index in [0.29, 0.717) is 0 Å². The van der Waals surface area contributed by atoms with Gasteiger partial charge in [-0.25, -0.2) is 4.79 Å². The van der Waals surface area contributed by atoms with Gasteiger partial charge in [0.05, 0.1) is 0 Å². The Morgan fingerprint density at radius 1 is 1.14 bits per heavy atom. The molecule has 1 rings (SSSR count). The second-order valence-corrected chi connectivity index (χ2v) is 6.25. The summed E-state index contributed by atoms with van der Waals surface area (Å²) in [7, 11) is 0. The molecule has 1 aliphatic heterocycles. The van der Waals surface area contributed by atoms with Crippen molar-refractivity contribution in [3.63, 3.8) is 0 Å². The van der Waals surface area contributed by atoms with Crippen LogP contribution in [0, 0.1) is 0 Å². The average Bonchev–Trinajstić information content (AvgIpc) is 2.57. The van der Waals surface area contributed by atoms with Gasteiger partial charge < -0.3 is 14.5 Å². The van der Waals surface area contributed by atoms with E-state index in [4.69, 9.17) is 4.74 Å². The van der Waals surface area contributed by atoms with Gasteiger partial charge in [0.15, 0.2) is 0 Å². The van der Waals surface area contributed by atoms with Crippen molar-refractivity contribution in [1.82, 2.24) is 9.80 Å². The zero-order valence-corrected chi connectivity index (χ0v) is 13.4. The standard InChI is InChI=1S/C14H23F3N2O3/c1-5-11(20)19-9-8-18(12(21)22-13(2,3)4)7-6-10(19)14(15,16)17/h10H,5-9H2,1-4H3. The molecular weight excluding hydrogens is 301 g/mol. The fourth-order valence-electron chi connectivity index (χ4n) is 2.28. The number of amides is 2. The first kappa shape index (κ1) is 18.6. The molecule has 1 aliphatic rings. The van der Waals surface area contributed by atoms with Gasteiger partial charge in [0.1, 0.15) is 11.6 Å². The Labute approximate surface area is 128 Å². The molecule has 128 valence electrons. The molecule has 22 heavy (non-hydrogen) atoms. The number of nitrogens with zero attached hydrogens (tertiary/aromatic N) is 2. The Kier molecular flexibility index (Phi) is 5.70. The molecule has 8 heteroatoms. The molecule has 1 saturated heterocycles. The molecule has 0 aromatic rings. The van der Waals surface area contributed by atoms with Gasteiger partial charge in [0.2, 0.25) is 5.91 Å². The van der Waals surface area contributed by atoms with Crippen molar-refractivity contribution in [1.29, 1.82) is 0 Å². The number of carbonyl (C=O) groups is 2. The summed E-state index contributed by atoms with van der Waals surface area (Å²) in [5.74, 6) is -0.562. The van der Waals surface area contributed by atoms with Crippen molar-refractivity contribution >= 4 is 12.0 Å². The van der Waals surface area contributed by atoms with Crippen LogP contribution in [-0.2, 0) is 9.53 Å². The second kappa shape index (κ2) is 6.75. The Morgan fingerprint density at radius 2 is 1.73 bits per heavy atom. The van der Waals surface area contributed by atoms with Crippen LogP contribution in [0.2, 0.25) is 0 Å². The molecule has 0 bridgehead atoms. The molecule has 2 amide bonds. The number of alkyl halides is 3. The highest BCUT2D eigenvalue weighted by atomic mass is 19.4. The van der Waals surface area contributed by atoms with Gasteiger partial charge in [-0.1, -0.05) is 6.92 Å². The van der Waals surface area contributed by atoms with Crippen LogP contribution in [0.4, 0.5) is 18.0 Å². The average molecular weight is 324 g/mol. The molecule has 0 N–H and O–H groups in total. The summed E-state index contributed by atoms with van der Waals surface area (Å²) < 4.78 is 44.6. The van der Waals surface area contributed by atoms with Gasteiger partial charge in [-0.3, -0.25) is 4.79 Å². The highest BCUT2D eigenvalue weighted by Crippen LogP contribution is 2.29. The summed E-state index contributed by atoms with van der Waals surface area (Å²) >= 11 is 0. The van der Waals surface area contributed by atoms with E-state index in [9.17, 15) is 22.8 Å². The summed E-state index contributed by atoms with van der Waals surface area (Å²) in [5, 5.41) is 0. The third-order valence-corrected chi connectivity index (χ3v) is 3.31. The van der Waals surface area contributed by atoms with Crippen LogP contribution in [-0.4, -0.2) is 59.3 Å². The second-order valence-electron chi connectivity index (χ2n) is 6.25. The van der Waals surface area contributed by atoms with Crippen LogP contribution >= 0.6 is 0 Å². The molecule has 0 saturated carbocycles. The Bertz CT molecular complexity index is 419. The van der Waals surface area contributed by atoms with Crippen molar-refractivity contribution in [2.75, 3.05) is 19.6 Å². The maximum absolute atomic E-state index is 13.1. The first-order valence-electron chi connectivity index (χ1n) is 7.30. The van der Waals surface area contributed by atoms with E-state index >= 15 is 0 Å². The van der Waals surface area contributed by atoms with Crippen molar-refractivity contribution in [2.24, 2.45) is 0 Å². The van der Waals surface area contributed by atoms with E-state index < -0.39 is 29.8 Å². The Morgan fingerprint density at radius 3 is 2.18 bits per heavy atom. The first-order chi connectivity index (χ1) is 9.95. The molecule has 0 radical (unpaired) electrons. The lowest BCUT2D eigenvalue weighted by molar-refractivity contribution is -0.189. The first-order valence-corrected chi connectivity index (χ1v) is 7.30. The summed E-state index contributed by atoms with van der Waals surface area (Å²) in [6, 6.07) is -1.85. The molecule has 1 heterocycles. The maximum Gasteiger partial charge on any atom is 0.410 e. The quantitative estimate of drug-likeness (QED) is 0.745. The Balaban J connectivity index is 2.86. The van der Waals surface area contributed by atoms with Gasteiger partial charge in [-0.05, 0) is 27.2 Å². The lowest BCUT2D eigenvalue weighted by atomic mass is 10.1. The van der Waals surface area contributed by atoms with Crippen molar-refractivity contribution in [3.8, 4) is 0 Å². The normalized spacial score (nSPS) is 20.6. The molecule has 1 unspecified atom stereocenters. The fourth-order valence-corrected chi connectivity index (χ4v) is 2.28. The third-order valence-electron chi connectivity index (χ3n) is 3.31. The van der Waals surface area contributed by atoms with Crippen molar-refractivity contribution in [3.05, 3.63) is 0 Å². The lowest BCUT2D eigenvalue weighted by Crippen LogP contribution is -2.49. The molecule has 0 aromatic carbocycles. The minimum Gasteiger partial charge on any atom is -0.444 e. The van der Waals surface area contributed by atoms with Crippen LogP contribution in [0.25, 0.3) is 0 Å². The number of rotatable bonds is 1. The third kappa shape index (κ3) is 5.06. The molecule has 1 atom stereocenters. The van der Waals surface area contributed by atoms with Crippen LogP contribution in [0.5, 0.6) is 0 Å². The number of halogens is 3. The molecule has 0 spiro atoms. The summed E-state index contributed by atoms with van der Waals surface area (Å²) in [4.78, 5) is 25.8. The van der Waals surface area contributed by atoms with E-state index in [-0.39, 0.29) is 32.5 Å². The van der Waals surface area contributed by atoms with E-state index in [2.05, 4.69) is 0 Å². The van der Waals surface area contributed by atoms with Crippen molar-refractivity contribution < 1.29 is 27.5 Å². The number of carbonyl (C=O) groups excluding carboxylic acids is 2. The van der Waals surface area contributed by atoms with Gasteiger partial charge in [-0.2, -0.15) is 13.2 Å². The minimum atomic E-state index is -4.51. The van der Waals surface area contributed by atoms with E-state index in [0.717, 1.165) is 4.90 Å². The highest BCUT2D eigenvalue weighted by molar-refractivity contribution is 5.76. The van der Waals surface area contributed by atoms with Gasteiger partial charge in [0, 0.05) is 26.1 Å². The van der Waals surface area contributed by atoms with E-state index in [1.54, 1.807) is 20.8 Å². The molecular formula is C14H23F3N2O3. The fraction of sp³-hybridized carbons (Fsp3) is 0.857. The van der Waals surface area contributed by atoms with Crippen molar-refractivity contribution in [2.45, 2.75) is 58.4 Å². The monoisotopic (exact) mass is 324 g/mol. The van der Waals surface area contributed by atoms with Crippen LogP contribution in [0.1, 0.15) is 40.5 Å². The van der Waals surface area contributed by atoms with Gasteiger partial charge in [0.25, 0.3) is 0 Å². The van der Waals surface area contributed by atoms with Gasteiger partial charge >= 0.3 is 12.3 Å². The van der Waals surface area contributed by atoms with Crippen LogP contribution in [0.3, 0.4) is 0 Å². The highest BCUT2D eigenvalue weighted by Gasteiger charge is 2.46. The molecule has 5 nitrogen and oxygen atoms in total. The summed E-state index contributed by atoms with van der Waals surface area (Å²) in [6.07, 6.45) is -5.50. The SMILES string of the molecule is CCC(=O)N1CCN(C(=O)OC(C)(C)C)CCC1C(F)(F)F. The predicted octanol–water partition coefficient (Wildman–Crippen LogP) is 2.80. The predicted molar refractivity (Wildman–Crippen MR) is 74.3 cm³/mol. The maximum atomic E-state index is 13.1. The topological polar surface area (TPSA) is 49.9 Å².